The van der Waals surface area contributed by atoms with Crippen LogP contribution < -0.4 is 10.1 Å². The first kappa shape index (κ1) is 13.2. The fourth-order valence-electron chi connectivity index (χ4n) is 2.24. The molecule has 100 valence electrons. The molecule has 0 aliphatic carbocycles. The first-order valence-electron chi connectivity index (χ1n) is 5.77. The number of benzene rings is 1. The van der Waals surface area contributed by atoms with Crippen LogP contribution in [-0.2, 0) is 5.41 Å². The van der Waals surface area contributed by atoms with Crippen molar-refractivity contribution in [3.63, 3.8) is 0 Å². The molecular weight excluding hydrogens is 243 g/mol. The lowest BCUT2D eigenvalue weighted by Gasteiger charge is -2.22. The molecule has 18 heavy (non-hydrogen) atoms. The first-order valence-corrected chi connectivity index (χ1v) is 5.77. The van der Waals surface area contributed by atoms with Crippen LogP contribution >= 0.6 is 0 Å². The maximum absolute atomic E-state index is 12.9. The predicted molar refractivity (Wildman–Crippen MR) is 62.8 cm³/mol. The Balaban J connectivity index is 2.43. The third kappa shape index (κ3) is 2.19. The minimum atomic E-state index is -4.30. The SMILES string of the molecule is CNC(c1ccc2c(c1)C(C)(C)CO2)C(F)(F)F. The first-order chi connectivity index (χ1) is 8.25. The molecule has 0 fully saturated rings. The van der Waals surface area contributed by atoms with Gasteiger partial charge in [0.1, 0.15) is 11.8 Å². The molecule has 1 aromatic carbocycles. The smallest absolute Gasteiger partial charge is 0.407 e. The zero-order valence-electron chi connectivity index (χ0n) is 10.6. The fraction of sp³-hybridized carbons (Fsp3) is 0.538. The molecule has 0 aromatic heterocycles. The van der Waals surface area contributed by atoms with E-state index in [1.165, 1.54) is 13.1 Å². The van der Waals surface area contributed by atoms with Crippen LogP contribution in [0.5, 0.6) is 5.75 Å². The van der Waals surface area contributed by atoms with E-state index in [0.29, 0.717) is 12.4 Å². The predicted octanol–water partition coefficient (Wildman–Crippen LogP) is 3.18. The van der Waals surface area contributed by atoms with Crippen molar-refractivity contribution in [3.8, 4) is 5.75 Å². The van der Waals surface area contributed by atoms with Gasteiger partial charge in [0, 0.05) is 11.0 Å². The van der Waals surface area contributed by atoms with Crippen LogP contribution in [0.1, 0.15) is 31.0 Å². The number of nitrogens with one attached hydrogen (secondary N) is 1. The Labute approximate surface area is 104 Å². The number of hydrogen-bond acceptors (Lipinski definition) is 2. The summed E-state index contributed by atoms with van der Waals surface area (Å²) in [5.41, 5.74) is 0.821. The van der Waals surface area contributed by atoms with Crippen molar-refractivity contribution in [2.75, 3.05) is 13.7 Å². The van der Waals surface area contributed by atoms with Gasteiger partial charge in [0.05, 0.1) is 6.61 Å². The summed E-state index contributed by atoms with van der Waals surface area (Å²) in [7, 11) is 1.31. The molecule has 5 heteroatoms. The van der Waals surface area contributed by atoms with E-state index in [9.17, 15) is 13.2 Å². The lowest BCUT2D eigenvalue weighted by atomic mass is 9.85. The number of fused-ring (bicyclic) bond motifs is 1. The molecule has 0 amide bonds. The van der Waals surface area contributed by atoms with Gasteiger partial charge in [-0.3, -0.25) is 0 Å². The summed E-state index contributed by atoms with van der Waals surface area (Å²) < 4.78 is 44.0. The summed E-state index contributed by atoms with van der Waals surface area (Å²) in [6.07, 6.45) is -4.30. The molecule has 0 saturated carbocycles. The van der Waals surface area contributed by atoms with Crippen LogP contribution in [-0.4, -0.2) is 19.8 Å². The highest BCUT2D eigenvalue weighted by atomic mass is 19.4. The summed E-state index contributed by atoms with van der Waals surface area (Å²) in [5.74, 6) is 0.681. The monoisotopic (exact) mass is 259 g/mol. The van der Waals surface area contributed by atoms with Crippen molar-refractivity contribution < 1.29 is 17.9 Å². The van der Waals surface area contributed by atoms with Crippen LogP contribution in [0.4, 0.5) is 13.2 Å². The van der Waals surface area contributed by atoms with E-state index in [1.54, 1.807) is 12.1 Å². The second-order valence-corrected chi connectivity index (χ2v) is 5.19. The number of hydrogen-bond donors (Lipinski definition) is 1. The largest absolute Gasteiger partial charge is 0.492 e. The van der Waals surface area contributed by atoms with Gasteiger partial charge in [-0.25, -0.2) is 0 Å². The summed E-state index contributed by atoms with van der Waals surface area (Å²) >= 11 is 0. The van der Waals surface area contributed by atoms with Crippen molar-refractivity contribution in [2.24, 2.45) is 0 Å². The summed E-state index contributed by atoms with van der Waals surface area (Å²) in [4.78, 5) is 0. The molecule has 1 atom stereocenters. The summed E-state index contributed by atoms with van der Waals surface area (Å²) in [6, 6.07) is 3.04. The van der Waals surface area contributed by atoms with Crippen LogP contribution in [0.2, 0.25) is 0 Å². The van der Waals surface area contributed by atoms with Crippen molar-refractivity contribution in [1.82, 2.24) is 5.32 Å². The molecule has 2 rings (SSSR count). The van der Waals surface area contributed by atoms with E-state index in [0.717, 1.165) is 5.56 Å². The van der Waals surface area contributed by atoms with E-state index in [-0.39, 0.29) is 11.0 Å². The molecule has 1 aromatic rings. The Morgan fingerprint density at radius 3 is 2.56 bits per heavy atom. The molecular formula is C13H16F3NO. The highest BCUT2D eigenvalue weighted by Gasteiger charge is 2.41. The standard InChI is InChI=1S/C13H16F3NO/c1-12(2)7-18-10-5-4-8(6-9(10)12)11(17-3)13(14,15)16/h4-6,11,17H,7H2,1-3H3. The van der Waals surface area contributed by atoms with Gasteiger partial charge in [0.2, 0.25) is 0 Å². The Bertz CT molecular complexity index is 454. The van der Waals surface area contributed by atoms with Gasteiger partial charge in [-0.05, 0) is 24.7 Å². The Morgan fingerprint density at radius 2 is 2.00 bits per heavy atom. The zero-order valence-corrected chi connectivity index (χ0v) is 10.6. The van der Waals surface area contributed by atoms with Gasteiger partial charge in [-0.1, -0.05) is 19.9 Å². The topological polar surface area (TPSA) is 21.3 Å². The van der Waals surface area contributed by atoms with Crippen LogP contribution in [0, 0.1) is 0 Å². The molecule has 0 radical (unpaired) electrons. The Morgan fingerprint density at radius 1 is 1.33 bits per heavy atom. The molecule has 0 bridgehead atoms. The zero-order chi connectivity index (χ0) is 13.6. The third-order valence-corrected chi connectivity index (χ3v) is 3.27. The Hall–Kier alpha value is -1.23. The quantitative estimate of drug-likeness (QED) is 0.880. The molecule has 0 spiro atoms. The number of rotatable bonds is 2. The maximum Gasteiger partial charge on any atom is 0.407 e. The molecule has 0 saturated heterocycles. The minimum absolute atomic E-state index is 0.224. The van der Waals surface area contributed by atoms with Crippen LogP contribution in [0.25, 0.3) is 0 Å². The Kier molecular flexibility index (Phi) is 3.05. The summed E-state index contributed by atoms with van der Waals surface area (Å²) in [5, 5.41) is 2.31. The van der Waals surface area contributed by atoms with E-state index >= 15 is 0 Å². The minimum Gasteiger partial charge on any atom is -0.492 e. The number of halogens is 3. The van der Waals surface area contributed by atoms with Gasteiger partial charge in [-0.2, -0.15) is 13.2 Å². The highest BCUT2D eigenvalue weighted by molar-refractivity contribution is 5.46. The molecule has 1 aliphatic rings. The summed E-state index contributed by atoms with van der Waals surface area (Å²) in [6.45, 7) is 4.43. The van der Waals surface area contributed by atoms with Crippen molar-refractivity contribution >= 4 is 0 Å². The van der Waals surface area contributed by atoms with Gasteiger partial charge in [0.25, 0.3) is 0 Å². The normalized spacial score (nSPS) is 19.2. The lowest BCUT2D eigenvalue weighted by Crippen LogP contribution is -2.31. The fourth-order valence-corrected chi connectivity index (χ4v) is 2.24. The van der Waals surface area contributed by atoms with E-state index in [4.69, 9.17) is 4.74 Å². The second-order valence-electron chi connectivity index (χ2n) is 5.19. The van der Waals surface area contributed by atoms with Crippen LogP contribution in [0.3, 0.4) is 0 Å². The maximum atomic E-state index is 12.9. The molecule has 1 heterocycles. The van der Waals surface area contributed by atoms with Gasteiger partial charge < -0.3 is 10.1 Å². The molecule has 1 aliphatic heterocycles. The van der Waals surface area contributed by atoms with Gasteiger partial charge >= 0.3 is 6.18 Å². The number of alkyl halides is 3. The molecule has 1 unspecified atom stereocenters. The second kappa shape index (κ2) is 4.16. The molecule has 1 N–H and O–H groups in total. The van der Waals surface area contributed by atoms with Gasteiger partial charge in [0.15, 0.2) is 0 Å². The van der Waals surface area contributed by atoms with Crippen LogP contribution in [0.15, 0.2) is 18.2 Å². The van der Waals surface area contributed by atoms with Crippen molar-refractivity contribution in [2.45, 2.75) is 31.5 Å². The molecule has 2 nitrogen and oxygen atoms in total. The van der Waals surface area contributed by atoms with Crippen molar-refractivity contribution in [1.29, 1.82) is 0 Å². The average molecular weight is 259 g/mol. The van der Waals surface area contributed by atoms with E-state index in [2.05, 4.69) is 5.32 Å². The third-order valence-electron chi connectivity index (χ3n) is 3.27. The average Bonchev–Trinajstić information content (AvgIpc) is 2.54. The van der Waals surface area contributed by atoms with Crippen molar-refractivity contribution in [3.05, 3.63) is 29.3 Å². The highest BCUT2D eigenvalue weighted by Crippen LogP contribution is 2.41. The number of ether oxygens (including phenoxy) is 1. The van der Waals surface area contributed by atoms with E-state index in [1.807, 2.05) is 13.8 Å². The van der Waals surface area contributed by atoms with E-state index < -0.39 is 12.2 Å². The van der Waals surface area contributed by atoms with Gasteiger partial charge in [-0.15, -0.1) is 0 Å². The lowest BCUT2D eigenvalue weighted by molar-refractivity contribution is -0.156.